The van der Waals surface area contributed by atoms with Crippen LogP contribution in [0.2, 0.25) is 10.0 Å². The lowest BCUT2D eigenvalue weighted by atomic mass is 9.60. The lowest BCUT2D eigenvalue weighted by Gasteiger charge is -2.56. The molecule has 0 heterocycles. The summed E-state index contributed by atoms with van der Waals surface area (Å²) in [6, 6.07) is 10.2. The number of carbonyl (C=O) groups is 2. The van der Waals surface area contributed by atoms with Crippen LogP contribution in [0.4, 0.5) is 4.39 Å². The van der Waals surface area contributed by atoms with Gasteiger partial charge in [-0.3, -0.25) is 9.59 Å². The normalized spacial score (nSPS) is 25.5. The van der Waals surface area contributed by atoms with E-state index in [2.05, 4.69) is 10.6 Å². The standard InChI is InChI=1S/C24H25Cl2FN2O5/c25-18-6-5-17(11-19(18)26)34-14-22(32)29-24-9-7-23(8-10-24,12-20(24)30)28-21(31)13-33-16-3-1-15(27)2-4-16/h1-6,11,20,30H,7-10,12-14H2,(H,28,31)(H,29,32)/t20-,23?,24?/m0/s1. The summed E-state index contributed by atoms with van der Waals surface area (Å²) in [4.78, 5) is 25.0. The van der Waals surface area contributed by atoms with Crippen molar-refractivity contribution in [2.75, 3.05) is 13.2 Å². The molecule has 1 atom stereocenters. The zero-order valence-corrected chi connectivity index (χ0v) is 19.8. The summed E-state index contributed by atoms with van der Waals surface area (Å²) in [5.41, 5.74) is -1.30. The van der Waals surface area contributed by atoms with Crippen molar-refractivity contribution in [3.63, 3.8) is 0 Å². The molecule has 3 aliphatic carbocycles. The van der Waals surface area contributed by atoms with Crippen LogP contribution >= 0.6 is 23.2 Å². The summed E-state index contributed by atoms with van der Waals surface area (Å²) in [6.07, 6.45) is 1.77. The van der Waals surface area contributed by atoms with Crippen LogP contribution in [0.5, 0.6) is 11.5 Å². The number of hydrogen-bond acceptors (Lipinski definition) is 5. The highest BCUT2D eigenvalue weighted by Crippen LogP contribution is 2.47. The Hall–Kier alpha value is -2.55. The van der Waals surface area contributed by atoms with Crippen molar-refractivity contribution >= 4 is 35.0 Å². The van der Waals surface area contributed by atoms with Crippen molar-refractivity contribution in [3.8, 4) is 11.5 Å². The van der Waals surface area contributed by atoms with Gasteiger partial charge in [0.15, 0.2) is 13.2 Å². The minimum atomic E-state index is -0.817. The molecular formula is C24H25Cl2FN2O5. The summed E-state index contributed by atoms with van der Waals surface area (Å²) < 4.78 is 23.9. The Morgan fingerprint density at radius 1 is 0.912 bits per heavy atom. The fourth-order valence-corrected chi connectivity index (χ4v) is 4.99. The first-order valence-electron chi connectivity index (χ1n) is 11.0. The summed E-state index contributed by atoms with van der Waals surface area (Å²) >= 11 is 11.8. The maximum absolute atomic E-state index is 13.0. The Bertz CT molecular complexity index is 1060. The molecule has 3 saturated carbocycles. The van der Waals surface area contributed by atoms with Crippen molar-refractivity contribution in [2.45, 2.75) is 49.3 Å². The highest BCUT2D eigenvalue weighted by Gasteiger charge is 2.55. The number of amides is 2. The van der Waals surface area contributed by atoms with E-state index in [-0.39, 0.29) is 30.8 Å². The molecule has 0 spiro atoms. The first-order chi connectivity index (χ1) is 16.2. The molecule has 2 aromatic rings. The van der Waals surface area contributed by atoms with E-state index in [0.29, 0.717) is 53.6 Å². The van der Waals surface area contributed by atoms with Crippen molar-refractivity contribution in [3.05, 3.63) is 58.3 Å². The quantitative estimate of drug-likeness (QED) is 0.503. The number of fused-ring (bicyclic) bond motifs is 3. The summed E-state index contributed by atoms with van der Waals surface area (Å²) in [7, 11) is 0. The third kappa shape index (κ3) is 5.56. The highest BCUT2D eigenvalue weighted by atomic mass is 35.5. The van der Waals surface area contributed by atoms with Crippen LogP contribution in [-0.4, -0.2) is 47.3 Å². The molecule has 10 heteroatoms. The Labute approximate surface area is 206 Å². The number of aliphatic hydroxyl groups is 1. The molecule has 7 nitrogen and oxygen atoms in total. The van der Waals surface area contributed by atoms with E-state index in [1.165, 1.54) is 30.3 Å². The molecule has 2 amide bonds. The highest BCUT2D eigenvalue weighted by molar-refractivity contribution is 6.42. The van der Waals surface area contributed by atoms with E-state index in [1.54, 1.807) is 12.1 Å². The van der Waals surface area contributed by atoms with Gasteiger partial charge in [-0.15, -0.1) is 0 Å². The van der Waals surface area contributed by atoms with Crippen LogP contribution < -0.4 is 20.1 Å². The number of aliphatic hydroxyl groups excluding tert-OH is 1. The van der Waals surface area contributed by atoms with Crippen LogP contribution in [0, 0.1) is 5.82 Å². The molecular weight excluding hydrogens is 486 g/mol. The molecule has 0 unspecified atom stereocenters. The predicted molar refractivity (Wildman–Crippen MR) is 125 cm³/mol. The lowest BCUT2D eigenvalue weighted by Crippen LogP contribution is -2.70. The summed E-state index contributed by atoms with van der Waals surface area (Å²) in [5.74, 6) is -0.238. The molecule has 0 aromatic heterocycles. The second-order valence-corrected chi connectivity index (χ2v) is 9.67. The Kier molecular flexibility index (Phi) is 7.21. The number of halogens is 3. The number of nitrogens with one attached hydrogen (secondary N) is 2. The molecule has 2 bridgehead atoms. The molecule has 182 valence electrons. The van der Waals surface area contributed by atoms with Gasteiger partial charge in [-0.1, -0.05) is 23.2 Å². The Morgan fingerprint density at radius 3 is 2.12 bits per heavy atom. The third-order valence-electron chi connectivity index (χ3n) is 6.56. The van der Waals surface area contributed by atoms with E-state index >= 15 is 0 Å². The van der Waals surface area contributed by atoms with Gasteiger partial charge in [-0.2, -0.15) is 0 Å². The first kappa shape index (κ1) is 24.6. The topological polar surface area (TPSA) is 96.9 Å². The fourth-order valence-electron chi connectivity index (χ4n) is 4.70. The molecule has 0 aliphatic heterocycles. The van der Waals surface area contributed by atoms with Crippen molar-refractivity contribution in [1.29, 1.82) is 0 Å². The maximum Gasteiger partial charge on any atom is 0.258 e. The van der Waals surface area contributed by atoms with Crippen molar-refractivity contribution < 1.29 is 28.6 Å². The van der Waals surface area contributed by atoms with E-state index in [4.69, 9.17) is 32.7 Å². The fraction of sp³-hybridized carbons (Fsp3) is 0.417. The molecule has 0 saturated heterocycles. The van der Waals surface area contributed by atoms with E-state index < -0.39 is 17.2 Å². The number of carbonyl (C=O) groups excluding carboxylic acids is 2. The molecule has 2 aromatic carbocycles. The van der Waals surface area contributed by atoms with Gasteiger partial charge in [0.05, 0.1) is 21.7 Å². The van der Waals surface area contributed by atoms with E-state index in [9.17, 15) is 19.1 Å². The second-order valence-electron chi connectivity index (χ2n) is 8.86. The monoisotopic (exact) mass is 510 g/mol. The lowest BCUT2D eigenvalue weighted by molar-refractivity contribution is -0.137. The molecule has 3 N–H and O–H groups in total. The summed E-state index contributed by atoms with van der Waals surface area (Å²) in [5, 5.41) is 17.5. The van der Waals surface area contributed by atoms with Gasteiger partial charge in [0.1, 0.15) is 17.3 Å². The SMILES string of the molecule is O=C(COc1ccc(F)cc1)NC12CCC(NC(=O)COc3ccc(Cl)c(Cl)c3)(CC1)[C@@H](O)C2. The molecule has 3 aliphatic rings. The maximum atomic E-state index is 13.0. The minimum Gasteiger partial charge on any atom is -0.484 e. The average Bonchev–Trinajstić information content (AvgIpc) is 2.81. The Balaban J connectivity index is 1.27. The third-order valence-corrected chi connectivity index (χ3v) is 7.30. The minimum absolute atomic E-state index is 0.211. The van der Waals surface area contributed by atoms with Crippen molar-refractivity contribution in [1.82, 2.24) is 10.6 Å². The molecule has 0 radical (unpaired) electrons. The van der Waals surface area contributed by atoms with Gasteiger partial charge in [-0.25, -0.2) is 4.39 Å². The van der Waals surface area contributed by atoms with Crippen molar-refractivity contribution in [2.24, 2.45) is 0 Å². The van der Waals surface area contributed by atoms with Gasteiger partial charge in [0.25, 0.3) is 11.8 Å². The smallest absolute Gasteiger partial charge is 0.258 e. The number of hydrogen-bond donors (Lipinski definition) is 3. The predicted octanol–water partition coefficient (Wildman–Crippen LogP) is 3.64. The van der Waals surface area contributed by atoms with Gasteiger partial charge in [-0.05, 0) is 68.5 Å². The first-order valence-corrected chi connectivity index (χ1v) is 11.7. The molecule has 3 fully saturated rings. The van der Waals surface area contributed by atoms with Gasteiger partial charge >= 0.3 is 0 Å². The van der Waals surface area contributed by atoms with Crippen LogP contribution in [-0.2, 0) is 9.59 Å². The zero-order valence-electron chi connectivity index (χ0n) is 18.3. The van der Waals surface area contributed by atoms with Gasteiger partial charge in [0.2, 0.25) is 0 Å². The van der Waals surface area contributed by atoms with E-state index in [1.807, 2.05) is 0 Å². The van der Waals surface area contributed by atoms with Crippen LogP contribution in [0.25, 0.3) is 0 Å². The average molecular weight is 511 g/mol. The largest absolute Gasteiger partial charge is 0.484 e. The number of benzene rings is 2. The zero-order chi connectivity index (χ0) is 24.3. The van der Waals surface area contributed by atoms with Crippen LogP contribution in [0.3, 0.4) is 0 Å². The van der Waals surface area contributed by atoms with Gasteiger partial charge in [0, 0.05) is 11.6 Å². The summed E-state index contributed by atoms with van der Waals surface area (Å²) in [6.45, 7) is -0.438. The van der Waals surface area contributed by atoms with Crippen LogP contribution in [0.15, 0.2) is 42.5 Å². The van der Waals surface area contributed by atoms with Gasteiger partial charge < -0.3 is 25.2 Å². The molecule has 5 rings (SSSR count). The second kappa shape index (κ2) is 9.98. The molecule has 34 heavy (non-hydrogen) atoms. The number of rotatable bonds is 8. The van der Waals surface area contributed by atoms with E-state index in [0.717, 1.165) is 0 Å². The van der Waals surface area contributed by atoms with Crippen LogP contribution in [0.1, 0.15) is 32.1 Å². The number of ether oxygens (including phenoxy) is 2. The Morgan fingerprint density at radius 2 is 1.50 bits per heavy atom.